The number of nitrogens with zero attached hydrogens (tertiary/aromatic N) is 2. The molecule has 1 aliphatic rings. The molecule has 1 aromatic carbocycles. The zero-order chi connectivity index (χ0) is 13.8. The van der Waals surface area contributed by atoms with Gasteiger partial charge in [0.05, 0.1) is 11.3 Å². The van der Waals surface area contributed by atoms with Crippen LogP contribution in [-0.2, 0) is 0 Å². The van der Waals surface area contributed by atoms with Crippen LogP contribution in [0.5, 0.6) is 5.75 Å². The van der Waals surface area contributed by atoms with Crippen LogP contribution in [0.4, 0.5) is 0 Å². The van der Waals surface area contributed by atoms with Crippen molar-refractivity contribution in [1.29, 1.82) is 0 Å². The maximum Gasteiger partial charge on any atom is 0.187 e. The van der Waals surface area contributed by atoms with Crippen molar-refractivity contribution in [2.75, 3.05) is 13.2 Å². The van der Waals surface area contributed by atoms with Crippen LogP contribution in [0.25, 0.3) is 0 Å². The van der Waals surface area contributed by atoms with Crippen LogP contribution in [-0.4, -0.2) is 28.4 Å². The number of para-hydroxylation sites is 1. The molecule has 0 fully saturated rings. The Hall–Kier alpha value is -1.59. The van der Waals surface area contributed by atoms with Gasteiger partial charge in [-0.25, -0.2) is 9.97 Å². The number of benzene rings is 1. The predicted molar refractivity (Wildman–Crippen MR) is 80.0 cm³/mol. The van der Waals surface area contributed by atoms with Crippen LogP contribution >= 0.6 is 11.8 Å². The summed E-state index contributed by atoms with van der Waals surface area (Å²) < 4.78 is 5.87. The first kappa shape index (κ1) is 13.4. The minimum Gasteiger partial charge on any atom is -0.492 e. The molecule has 0 bridgehead atoms. The highest BCUT2D eigenvalue weighted by molar-refractivity contribution is 7.99. The molecular weight excluding hydrogens is 270 g/mol. The van der Waals surface area contributed by atoms with Gasteiger partial charge in [0.15, 0.2) is 5.16 Å². The molecule has 0 saturated heterocycles. The fraction of sp³-hybridized carbons (Fsp3) is 0.333. The van der Waals surface area contributed by atoms with E-state index in [1.54, 1.807) is 24.2 Å². The number of thioether (sulfide) groups is 1. The van der Waals surface area contributed by atoms with E-state index in [4.69, 9.17) is 4.74 Å². The molecule has 20 heavy (non-hydrogen) atoms. The summed E-state index contributed by atoms with van der Waals surface area (Å²) in [5.41, 5.74) is 1.22. The summed E-state index contributed by atoms with van der Waals surface area (Å²) in [6.45, 7) is 3.71. The van der Waals surface area contributed by atoms with E-state index in [9.17, 15) is 0 Å². The van der Waals surface area contributed by atoms with Crippen LogP contribution in [0, 0.1) is 0 Å². The Morgan fingerprint density at radius 3 is 2.85 bits per heavy atom. The molecule has 2 atom stereocenters. The van der Waals surface area contributed by atoms with E-state index in [0.717, 1.165) is 17.5 Å². The van der Waals surface area contributed by atoms with Crippen molar-refractivity contribution >= 4 is 11.8 Å². The molecule has 4 nitrogen and oxygen atoms in total. The first-order valence-corrected chi connectivity index (χ1v) is 7.65. The number of hydrogen-bond acceptors (Lipinski definition) is 5. The molecule has 0 aliphatic carbocycles. The summed E-state index contributed by atoms with van der Waals surface area (Å²) in [5, 5.41) is 4.62. The van der Waals surface area contributed by atoms with Crippen LogP contribution in [0.3, 0.4) is 0 Å². The molecule has 104 valence electrons. The maximum absolute atomic E-state index is 5.87. The summed E-state index contributed by atoms with van der Waals surface area (Å²) in [6.07, 6.45) is 3.55. The molecule has 2 unspecified atom stereocenters. The van der Waals surface area contributed by atoms with Gasteiger partial charge in [-0.3, -0.25) is 0 Å². The first-order valence-electron chi connectivity index (χ1n) is 6.77. The van der Waals surface area contributed by atoms with Crippen LogP contribution < -0.4 is 10.1 Å². The van der Waals surface area contributed by atoms with E-state index >= 15 is 0 Å². The van der Waals surface area contributed by atoms with E-state index in [1.807, 2.05) is 18.2 Å². The molecule has 2 aromatic rings. The fourth-order valence-corrected chi connectivity index (χ4v) is 3.41. The molecule has 3 rings (SSSR count). The monoisotopic (exact) mass is 287 g/mol. The lowest BCUT2D eigenvalue weighted by molar-refractivity contribution is 0.261. The highest BCUT2D eigenvalue weighted by atomic mass is 32.2. The lowest BCUT2D eigenvalue weighted by atomic mass is 10.0. The van der Waals surface area contributed by atoms with E-state index in [-0.39, 0.29) is 11.3 Å². The first-order chi connectivity index (χ1) is 9.88. The molecule has 5 heteroatoms. The molecular formula is C15H17N3OS. The lowest BCUT2D eigenvalue weighted by Gasteiger charge is -2.33. The zero-order valence-electron chi connectivity index (χ0n) is 11.3. The molecule has 1 aliphatic heterocycles. The molecule has 0 spiro atoms. The van der Waals surface area contributed by atoms with Crippen molar-refractivity contribution in [3.05, 3.63) is 48.3 Å². The average molecular weight is 287 g/mol. The third kappa shape index (κ3) is 2.78. The predicted octanol–water partition coefficient (Wildman–Crippen LogP) is 2.68. The van der Waals surface area contributed by atoms with Crippen molar-refractivity contribution in [2.24, 2.45) is 0 Å². The SMILES string of the molecule is CCNC1c2ccccc2OCC1Sc1ncccn1. The van der Waals surface area contributed by atoms with E-state index in [1.165, 1.54) is 5.56 Å². The van der Waals surface area contributed by atoms with Crippen molar-refractivity contribution in [2.45, 2.75) is 23.4 Å². The number of nitrogens with one attached hydrogen (secondary N) is 1. The van der Waals surface area contributed by atoms with Gasteiger partial charge in [0.25, 0.3) is 0 Å². The average Bonchev–Trinajstić information content (AvgIpc) is 2.51. The highest BCUT2D eigenvalue weighted by Gasteiger charge is 2.31. The summed E-state index contributed by atoms with van der Waals surface area (Å²) >= 11 is 1.67. The summed E-state index contributed by atoms with van der Waals surface area (Å²) in [6, 6.07) is 10.3. The molecule has 1 N–H and O–H groups in total. The molecule has 0 amide bonds. The Balaban J connectivity index is 1.84. The van der Waals surface area contributed by atoms with E-state index < -0.39 is 0 Å². The quantitative estimate of drug-likeness (QED) is 0.876. The van der Waals surface area contributed by atoms with Crippen molar-refractivity contribution < 1.29 is 4.74 Å². The molecule has 0 saturated carbocycles. The number of hydrogen-bond donors (Lipinski definition) is 1. The van der Waals surface area contributed by atoms with Crippen molar-refractivity contribution in [1.82, 2.24) is 15.3 Å². The Labute approximate surface area is 123 Å². The number of fused-ring (bicyclic) bond motifs is 1. The third-order valence-electron chi connectivity index (χ3n) is 3.25. The van der Waals surface area contributed by atoms with Gasteiger partial charge in [0.1, 0.15) is 12.4 Å². The van der Waals surface area contributed by atoms with Crippen molar-refractivity contribution in [3.63, 3.8) is 0 Å². The fourth-order valence-electron chi connectivity index (χ4n) is 2.38. The standard InChI is InChI=1S/C15H17N3OS/c1-2-16-14-11-6-3-4-7-12(11)19-10-13(14)20-15-17-8-5-9-18-15/h3-9,13-14,16H,2,10H2,1H3. The number of ether oxygens (including phenoxy) is 1. The lowest BCUT2D eigenvalue weighted by Crippen LogP contribution is -2.37. The molecule has 2 heterocycles. The maximum atomic E-state index is 5.87. The third-order valence-corrected chi connectivity index (χ3v) is 4.38. The van der Waals surface area contributed by atoms with E-state index in [2.05, 4.69) is 34.3 Å². The van der Waals surface area contributed by atoms with Gasteiger partial charge >= 0.3 is 0 Å². The zero-order valence-corrected chi connectivity index (χ0v) is 12.1. The minimum atomic E-state index is 0.263. The summed E-state index contributed by atoms with van der Waals surface area (Å²) in [5.74, 6) is 0.976. The van der Waals surface area contributed by atoms with Crippen LogP contribution in [0.1, 0.15) is 18.5 Å². The Morgan fingerprint density at radius 1 is 1.25 bits per heavy atom. The van der Waals surface area contributed by atoms with Gasteiger partial charge in [0, 0.05) is 18.0 Å². The van der Waals surface area contributed by atoms with Crippen molar-refractivity contribution in [3.8, 4) is 5.75 Å². The van der Waals surface area contributed by atoms with Crippen LogP contribution in [0.2, 0.25) is 0 Å². The number of aromatic nitrogens is 2. The highest BCUT2D eigenvalue weighted by Crippen LogP contribution is 2.38. The smallest absolute Gasteiger partial charge is 0.187 e. The second-order valence-electron chi connectivity index (χ2n) is 4.57. The Morgan fingerprint density at radius 2 is 2.05 bits per heavy atom. The second-order valence-corrected chi connectivity index (χ2v) is 5.78. The van der Waals surface area contributed by atoms with Gasteiger partial charge in [-0.1, -0.05) is 36.9 Å². The van der Waals surface area contributed by atoms with Gasteiger partial charge in [-0.05, 0) is 18.7 Å². The topological polar surface area (TPSA) is 47.0 Å². The Bertz CT molecular complexity index is 564. The van der Waals surface area contributed by atoms with E-state index in [0.29, 0.717) is 6.61 Å². The van der Waals surface area contributed by atoms with Gasteiger partial charge in [-0.15, -0.1) is 0 Å². The minimum absolute atomic E-state index is 0.263. The Kier molecular flexibility index (Phi) is 4.18. The second kappa shape index (κ2) is 6.24. The molecule has 1 aromatic heterocycles. The molecule has 0 radical (unpaired) electrons. The summed E-state index contributed by atoms with van der Waals surface area (Å²) in [7, 11) is 0. The van der Waals surface area contributed by atoms with Gasteiger partial charge < -0.3 is 10.1 Å². The normalized spacial score (nSPS) is 21.1. The number of rotatable bonds is 4. The summed E-state index contributed by atoms with van der Waals surface area (Å²) in [4.78, 5) is 8.58. The van der Waals surface area contributed by atoms with Gasteiger partial charge in [0.2, 0.25) is 0 Å². The largest absolute Gasteiger partial charge is 0.492 e. The van der Waals surface area contributed by atoms with Gasteiger partial charge in [-0.2, -0.15) is 0 Å². The van der Waals surface area contributed by atoms with Crippen LogP contribution in [0.15, 0.2) is 47.9 Å².